The second-order valence-corrected chi connectivity index (χ2v) is 7.27. The summed E-state index contributed by atoms with van der Waals surface area (Å²) in [4.78, 5) is 25.0. The molecule has 1 aromatic rings. The van der Waals surface area contributed by atoms with E-state index in [-0.39, 0.29) is 30.6 Å². The third-order valence-electron chi connectivity index (χ3n) is 4.93. The molecule has 8 heteroatoms. The van der Waals surface area contributed by atoms with Crippen LogP contribution in [-0.4, -0.2) is 67.4 Å². The van der Waals surface area contributed by atoms with Crippen LogP contribution in [0.1, 0.15) is 31.2 Å². The summed E-state index contributed by atoms with van der Waals surface area (Å²) in [6, 6.07) is 7.60. The molecular weight excluding hydrogens is 370 g/mol. The number of nitrogens with zero attached hydrogens (tertiary/aromatic N) is 1. The van der Waals surface area contributed by atoms with Crippen LogP contribution in [0.4, 0.5) is 4.79 Å². The second-order valence-electron chi connectivity index (χ2n) is 6.84. The van der Waals surface area contributed by atoms with Crippen molar-refractivity contribution in [3.8, 4) is 0 Å². The van der Waals surface area contributed by atoms with Gasteiger partial charge in [-0.15, -0.1) is 0 Å². The number of hydrogen-bond donors (Lipinski definition) is 3. The zero-order valence-electron chi connectivity index (χ0n) is 15.8. The average molecular weight is 398 g/mol. The van der Waals surface area contributed by atoms with Crippen LogP contribution in [-0.2, 0) is 9.53 Å². The number of hydrogen-bond acceptors (Lipinski definition) is 4. The Morgan fingerprint density at radius 3 is 2.56 bits per heavy atom. The van der Waals surface area contributed by atoms with Gasteiger partial charge in [-0.3, -0.25) is 9.69 Å². The molecule has 0 spiro atoms. The molecule has 1 aliphatic rings. The number of aliphatic carboxylic acids is 1. The minimum Gasteiger partial charge on any atom is -0.480 e. The van der Waals surface area contributed by atoms with Crippen molar-refractivity contribution in [2.45, 2.75) is 37.8 Å². The molecule has 0 saturated heterocycles. The quantitative estimate of drug-likeness (QED) is 0.563. The number of urea groups is 1. The van der Waals surface area contributed by atoms with Gasteiger partial charge in [0.2, 0.25) is 0 Å². The first kappa shape index (κ1) is 21.5. The summed E-state index contributed by atoms with van der Waals surface area (Å²) in [5.74, 6) is -0.782. The van der Waals surface area contributed by atoms with E-state index in [9.17, 15) is 9.59 Å². The first-order valence-electron chi connectivity index (χ1n) is 9.17. The molecule has 1 fully saturated rings. The van der Waals surface area contributed by atoms with Crippen LogP contribution in [0.15, 0.2) is 24.3 Å². The van der Waals surface area contributed by atoms with Crippen molar-refractivity contribution in [3.63, 3.8) is 0 Å². The van der Waals surface area contributed by atoms with E-state index in [1.807, 2.05) is 36.1 Å². The van der Waals surface area contributed by atoms with Gasteiger partial charge in [0.1, 0.15) is 0 Å². The van der Waals surface area contributed by atoms with Gasteiger partial charge in [-0.2, -0.15) is 0 Å². The molecule has 3 N–H and O–H groups in total. The van der Waals surface area contributed by atoms with Crippen molar-refractivity contribution in [3.05, 3.63) is 34.9 Å². The Kier molecular flexibility index (Phi) is 8.34. The van der Waals surface area contributed by atoms with Gasteiger partial charge >= 0.3 is 12.0 Å². The number of nitrogens with one attached hydrogen (secondary N) is 2. The van der Waals surface area contributed by atoms with Crippen molar-refractivity contribution >= 4 is 23.6 Å². The largest absolute Gasteiger partial charge is 0.480 e. The molecule has 2 amide bonds. The van der Waals surface area contributed by atoms with Crippen LogP contribution in [0.5, 0.6) is 0 Å². The summed E-state index contributed by atoms with van der Waals surface area (Å²) in [5.41, 5.74) is 1.05. The standard InChI is InChI=1S/C19H28ClN3O4/c1-3-23(11-18(24)25)17-8-16(9-17)22-19(26)21-10-14(12-27-2)13-4-6-15(20)7-5-13/h4-7,14,16-17H,3,8-12H2,1-2H3,(H,24,25)(H2,21,22,26). The van der Waals surface area contributed by atoms with Gasteiger partial charge in [-0.1, -0.05) is 30.7 Å². The number of carbonyl (C=O) groups excluding carboxylic acids is 1. The number of carboxylic acid groups (broad SMARTS) is 1. The predicted octanol–water partition coefficient (Wildman–Crippen LogP) is 2.31. The van der Waals surface area contributed by atoms with Gasteiger partial charge in [0.15, 0.2) is 0 Å². The third-order valence-corrected chi connectivity index (χ3v) is 5.18. The zero-order chi connectivity index (χ0) is 19.8. The minimum absolute atomic E-state index is 0.0401. The third kappa shape index (κ3) is 6.68. The number of halogens is 1. The Balaban J connectivity index is 1.75. The molecule has 1 saturated carbocycles. The van der Waals surface area contributed by atoms with Crippen molar-refractivity contribution in [1.29, 1.82) is 0 Å². The van der Waals surface area contributed by atoms with Crippen molar-refractivity contribution in [1.82, 2.24) is 15.5 Å². The van der Waals surface area contributed by atoms with Crippen molar-refractivity contribution in [2.75, 3.05) is 33.4 Å². The molecule has 0 bridgehead atoms. The van der Waals surface area contributed by atoms with Gasteiger partial charge in [0, 0.05) is 36.7 Å². The highest BCUT2D eigenvalue weighted by molar-refractivity contribution is 6.30. The highest BCUT2D eigenvalue weighted by Crippen LogP contribution is 2.25. The predicted molar refractivity (Wildman–Crippen MR) is 104 cm³/mol. The van der Waals surface area contributed by atoms with Crippen LogP contribution in [0.2, 0.25) is 5.02 Å². The molecule has 1 aliphatic carbocycles. The maximum atomic E-state index is 12.2. The molecule has 1 aromatic carbocycles. The maximum absolute atomic E-state index is 12.2. The highest BCUT2D eigenvalue weighted by Gasteiger charge is 2.34. The molecule has 0 radical (unpaired) electrons. The molecule has 1 atom stereocenters. The zero-order valence-corrected chi connectivity index (χ0v) is 16.5. The Bertz CT molecular complexity index is 620. The van der Waals surface area contributed by atoms with Gasteiger partial charge in [-0.25, -0.2) is 4.79 Å². The molecule has 2 rings (SSSR count). The molecule has 150 valence electrons. The smallest absolute Gasteiger partial charge is 0.317 e. The number of methoxy groups -OCH3 is 1. The van der Waals surface area contributed by atoms with E-state index in [1.54, 1.807) is 7.11 Å². The first-order valence-corrected chi connectivity index (χ1v) is 9.55. The molecular formula is C19H28ClN3O4. The van der Waals surface area contributed by atoms with Crippen LogP contribution >= 0.6 is 11.6 Å². The van der Waals surface area contributed by atoms with E-state index in [4.69, 9.17) is 21.4 Å². The number of benzene rings is 1. The molecule has 7 nitrogen and oxygen atoms in total. The highest BCUT2D eigenvalue weighted by atomic mass is 35.5. The summed E-state index contributed by atoms with van der Waals surface area (Å²) in [6.07, 6.45) is 1.54. The SMILES string of the molecule is CCN(CC(=O)O)C1CC(NC(=O)NCC(COC)c2ccc(Cl)cc2)C1. The number of likely N-dealkylation sites (N-methyl/N-ethyl adjacent to an activating group) is 1. The van der Waals surface area contributed by atoms with E-state index >= 15 is 0 Å². The van der Waals surface area contributed by atoms with Crippen LogP contribution in [0, 0.1) is 0 Å². The molecule has 0 aliphatic heterocycles. The normalized spacial score (nSPS) is 20.0. The van der Waals surface area contributed by atoms with E-state index in [2.05, 4.69) is 10.6 Å². The number of carbonyl (C=O) groups is 2. The lowest BCUT2D eigenvalue weighted by Gasteiger charge is -2.42. The summed E-state index contributed by atoms with van der Waals surface area (Å²) < 4.78 is 5.26. The van der Waals surface area contributed by atoms with E-state index in [0.717, 1.165) is 18.4 Å². The molecule has 1 unspecified atom stereocenters. The van der Waals surface area contributed by atoms with Gasteiger partial charge < -0.3 is 20.5 Å². The average Bonchev–Trinajstić information content (AvgIpc) is 2.60. The van der Waals surface area contributed by atoms with Crippen LogP contribution in [0.25, 0.3) is 0 Å². The lowest BCUT2D eigenvalue weighted by atomic mass is 9.85. The Morgan fingerprint density at radius 1 is 1.33 bits per heavy atom. The molecule has 0 heterocycles. The molecule has 0 aromatic heterocycles. The molecule has 27 heavy (non-hydrogen) atoms. The lowest BCUT2D eigenvalue weighted by molar-refractivity contribution is -0.139. The first-order chi connectivity index (χ1) is 12.9. The number of ether oxygens (including phenoxy) is 1. The van der Waals surface area contributed by atoms with Crippen molar-refractivity contribution < 1.29 is 19.4 Å². The number of rotatable bonds is 10. The Labute approximate surface area is 165 Å². The summed E-state index contributed by atoms with van der Waals surface area (Å²) in [5, 5.41) is 15.5. The summed E-state index contributed by atoms with van der Waals surface area (Å²) in [6.45, 7) is 3.63. The minimum atomic E-state index is -0.822. The maximum Gasteiger partial charge on any atom is 0.317 e. The van der Waals surface area contributed by atoms with Crippen LogP contribution < -0.4 is 10.6 Å². The number of carboxylic acids is 1. The van der Waals surface area contributed by atoms with Gasteiger partial charge in [-0.05, 0) is 37.1 Å². The number of amides is 2. The summed E-state index contributed by atoms with van der Waals surface area (Å²) >= 11 is 5.93. The fourth-order valence-corrected chi connectivity index (χ4v) is 3.46. The lowest BCUT2D eigenvalue weighted by Crippen LogP contribution is -2.56. The van der Waals surface area contributed by atoms with E-state index in [1.165, 1.54) is 0 Å². The van der Waals surface area contributed by atoms with E-state index in [0.29, 0.717) is 24.7 Å². The fraction of sp³-hybridized carbons (Fsp3) is 0.579. The van der Waals surface area contributed by atoms with Gasteiger partial charge in [0.05, 0.1) is 13.2 Å². The van der Waals surface area contributed by atoms with Crippen molar-refractivity contribution in [2.24, 2.45) is 0 Å². The van der Waals surface area contributed by atoms with Crippen LogP contribution in [0.3, 0.4) is 0 Å². The Morgan fingerprint density at radius 2 is 2.00 bits per heavy atom. The Hall–Kier alpha value is -1.83. The summed E-state index contributed by atoms with van der Waals surface area (Å²) in [7, 11) is 1.63. The van der Waals surface area contributed by atoms with Gasteiger partial charge in [0.25, 0.3) is 0 Å². The fourth-order valence-electron chi connectivity index (χ4n) is 3.34. The second kappa shape index (κ2) is 10.5. The monoisotopic (exact) mass is 397 g/mol. The van der Waals surface area contributed by atoms with E-state index < -0.39 is 5.97 Å². The topological polar surface area (TPSA) is 90.9 Å².